The van der Waals surface area contributed by atoms with Gasteiger partial charge in [0.15, 0.2) is 0 Å². The summed E-state index contributed by atoms with van der Waals surface area (Å²) in [4.78, 5) is 11.0. The molecule has 2 atom stereocenters. The fraction of sp³-hybridized carbons (Fsp3) is 0.417. The molecule has 2 rings (SSSR count). The van der Waals surface area contributed by atoms with Gasteiger partial charge in [0, 0.05) is 0 Å². The minimum absolute atomic E-state index is 0.150. The normalized spacial score (nSPS) is 25.5. The van der Waals surface area contributed by atoms with Crippen LogP contribution in [0.1, 0.15) is 30.4 Å². The zero-order chi connectivity index (χ0) is 10.1. The summed E-state index contributed by atoms with van der Waals surface area (Å²) in [5, 5.41) is 9.03. The quantitative estimate of drug-likeness (QED) is 0.738. The lowest BCUT2D eigenvalue weighted by Crippen LogP contribution is -2.25. The molecule has 1 aliphatic rings. The minimum atomic E-state index is -0.660. The highest BCUT2D eigenvalue weighted by Gasteiger charge is 2.30. The van der Waals surface area contributed by atoms with Gasteiger partial charge in [-0.25, -0.2) is 0 Å². The molecule has 0 saturated carbocycles. The third-order valence-electron chi connectivity index (χ3n) is 3.19. The van der Waals surface area contributed by atoms with Gasteiger partial charge in [-0.3, -0.25) is 4.79 Å². The van der Waals surface area contributed by atoms with Crippen LogP contribution in [0, 0.1) is 5.92 Å². The summed E-state index contributed by atoms with van der Waals surface area (Å²) in [6.07, 6.45) is 1.67. The van der Waals surface area contributed by atoms with E-state index in [-0.39, 0.29) is 11.8 Å². The third kappa shape index (κ3) is 1.41. The first kappa shape index (κ1) is 9.25. The van der Waals surface area contributed by atoms with Crippen LogP contribution in [0.3, 0.4) is 0 Å². The third-order valence-corrected chi connectivity index (χ3v) is 3.19. The standard InChI is InChI=1S/C12H14O2/c1-8-10-5-3-2-4-9(10)6-7-11(8)12(13)14/h2-5,8,11H,6-7H2,1H3,(H,13,14). The molecule has 0 fully saturated rings. The van der Waals surface area contributed by atoms with Crippen molar-refractivity contribution in [3.63, 3.8) is 0 Å². The maximum Gasteiger partial charge on any atom is 0.307 e. The van der Waals surface area contributed by atoms with E-state index < -0.39 is 5.97 Å². The van der Waals surface area contributed by atoms with Crippen molar-refractivity contribution >= 4 is 5.97 Å². The predicted octanol–water partition coefficient (Wildman–Crippen LogP) is 2.44. The highest BCUT2D eigenvalue weighted by atomic mass is 16.4. The van der Waals surface area contributed by atoms with Crippen molar-refractivity contribution in [1.29, 1.82) is 0 Å². The van der Waals surface area contributed by atoms with Crippen LogP contribution in [-0.4, -0.2) is 11.1 Å². The van der Waals surface area contributed by atoms with Crippen LogP contribution in [0.4, 0.5) is 0 Å². The topological polar surface area (TPSA) is 37.3 Å². The zero-order valence-corrected chi connectivity index (χ0v) is 8.23. The van der Waals surface area contributed by atoms with Crippen LogP contribution < -0.4 is 0 Å². The van der Waals surface area contributed by atoms with Gasteiger partial charge in [-0.2, -0.15) is 0 Å². The van der Waals surface area contributed by atoms with E-state index in [0.29, 0.717) is 0 Å². The Morgan fingerprint density at radius 2 is 2.14 bits per heavy atom. The molecule has 0 saturated heterocycles. The van der Waals surface area contributed by atoms with Crippen molar-refractivity contribution in [2.45, 2.75) is 25.7 Å². The number of fused-ring (bicyclic) bond motifs is 1. The summed E-state index contributed by atoms with van der Waals surface area (Å²) < 4.78 is 0. The first-order valence-electron chi connectivity index (χ1n) is 5.00. The number of carboxylic acids is 1. The molecule has 0 heterocycles. The lowest BCUT2D eigenvalue weighted by atomic mass is 9.76. The van der Waals surface area contributed by atoms with Gasteiger partial charge >= 0.3 is 5.97 Å². The van der Waals surface area contributed by atoms with E-state index in [9.17, 15) is 4.79 Å². The molecule has 1 aromatic rings. The SMILES string of the molecule is CC1c2ccccc2CCC1C(=O)O. The number of carbonyl (C=O) groups is 1. The first-order valence-corrected chi connectivity index (χ1v) is 5.00. The average molecular weight is 190 g/mol. The number of rotatable bonds is 1. The Balaban J connectivity index is 2.36. The average Bonchev–Trinajstić information content (AvgIpc) is 2.18. The van der Waals surface area contributed by atoms with E-state index in [1.807, 2.05) is 19.1 Å². The van der Waals surface area contributed by atoms with Crippen LogP contribution in [0.2, 0.25) is 0 Å². The molecule has 0 aromatic heterocycles. The van der Waals surface area contributed by atoms with Crippen molar-refractivity contribution in [2.24, 2.45) is 5.92 Å². The number of hydrogen-bond acceptors (Lipinski definition) is 1. The number of carboxylic acid groups (broad SMARTS) is 1. The first-order chi connectivity index (χ1) is 6.70. The van der Waals surface area contributed by atoms with Gasteiger partial charge in [-0.05, 0) is 29.9 Å². The predicted molar refractivity (Wildman–Crippen MR) is 54.3 cm³/mol. The van der Waals surface area contributed by atoms with Gasteiger partial charge in [-0.15, -0.1) is 0 Å². The van der Waals surface area contributed by atoms with Gasteiger partial charge in [0.2, 0.25) is 0 Å². The molecule has 0 radical (unpaired) electrons. The van der Waals surface area contributed by atoms with Crippen LogP contribution in [0.25, 0.3) is 0 Å². The van der Waals surface area contributed by atoms with Gasteiger partial charge in [0.1, 0.15) is 0 Å². The van der Waals surface area contributed by atoms with Crippen molar-refractivity contribution in [1.82, 2.24) is 0 Å². The van der Waals surface area contributed by atoms with Crippen LogP contribution in [-0.2, 0) is 11.2 Å². The second-order valence-corrected chi connectivity index (χ2v) is 3.97. The highest BCUT2D eigenvalue weighted by Crippen LogP contribution is 2.35. The van der Waals surface area contributed by atoms with Crippen molar-refractivity contribution in [3.05, 3.63) is 35.4 Å². The Kier molecular flexibility index (Phi) is 2.28. The molecule has 14 heavy (non-hydrogen) atoms. The monoisotopic (exact) mass is 190 g/mol. The molecular weight excluding hydrogens is 176 g/mol. The van der Waals surface area contributed by atoms with E-state index in [0.717, 1.165) is 12.8 Å². The number of benzene rings is 1. The molecule has 2 unspecified atom stereocenters. The van der Waals surface area contributed by atoms with E-state index in [2.05, 4.69) is 12.1 Å². The maximum absolute atomic E-state index is 11.0. The number of aliphatic carboxylic acids is 1. The Labute approximate surface area is 83.6 Å². The Morgan fingerprint density at radius 3 is 2.86 bits per heavy atom. The summed E-state index contributed by atoms with van der Waals surface area (Å²) in [6.45, 7) is 2.01. The molecule has 74 valence electrons. The van der Waals surface area contributed by atoms with Gasteiger partial charge < -0.3 is 5.11 Å². The fourth-order valence-corrected chi connectivity index (χ4v) is 2.32. The Hall–Kier alpha value is -1.31. The van der Waals surface area contributed by atoms with Gasteiger partial charge in [0.05, 0.1) is 5.92 Å². The van der Waals surface area contributed by atoms with Gasteiger partial charge in [-0.1, -0.05) is 31.2 Å². The second-order valence-electron chi connectivity index (χ2n) is 3.97. The van der Waals surface area contributed by atoms with Crippen molar-refractivity contribution in [2.75, 3.05) is 0 Å². The molecule has 1 aliphatic carbocycles. The van der Waals surface area contributed by atoms with Crippen LogP contribution in [0.15, 0.2) is 24.3 Å². The number of aryl methyl sites for hydroxylation is 1. The summed E-state index contributed by atoms with van der Waals surface area (Å²) in [5.41, 5.74) is 2.53. The molecule has 0 bridgehead atoms. The minimum Gasteiger partial charge on any atom is -0.481 e. The van der Waals surface area contributed by atoms with Crippen LogP contribution in [0.5, 0.6) is 0 Å². The smallest absolute Gasteiger partial charge is 0.307 e. The summed E-state index contributed by atoms with van der Waals surface area (Å²) in [7, 11) is 0. The summed E-state index contributed by atoms with van der Waals surface area (Å²) >= 11 is 0. The molecule has 2 heteroatoms. The lowest BCUT2D eigenvalue weighted by molar-refractivity contribution is -0.142. The van der Waals surface area contributed by atoms with Crippen molar-refractivity contribution in [3.8, 4) is 0 Å². The van der Waals surface area contributed by atoms with Crippen LogP contribution >= 0.6 is 0 Å². The Bertz CT molecular complexity index is 357. The van der Waals surface area contributed by atoms with E-state index in [1.165, 1.54) is 11.1 Å². The van der Waals surface area contributed by atoms with E-state index >= 15 is 0 Å². The molecule has 0 aliphatic heterocycles. The second kappa shape index (κ2) is 3.45. The molecular formula is C12H14O2. The zero-order valence-electron chi connectivity index (χ0n) is 8.23. The lowest BCUT2D eigenvalue weighted by Gasteiger charge is -2.28. The van der Waals surface area contributed by atoms with Gasteiger partial charge in [0.25, 0.3) is 0 Å². The molecule has 0 amide bonds. The largest absolute Gasteiger partial charge is 0.481 e. The molecule has 1 aromatic carbocycles. The summed E-state index contributed by atoms with van der Waals surface area (Å²) in [5.74, 6) is -0.714. The highest BCUT2D eigenvalue weighted by molar-refractivity contribution is 5.72. The maximum atomic E-state index is 11.0. The Morgan fingerprint density at radius 1 is 1.43 bits per heavy atom. The molecule has 1 N–H and O–H groups in total. The fourth-order valence-electron chi connectivity index (χ4n) is 2.32. The van der Waals surface area contributed by atoms with E-state index in [1.54, 1.807) is 0 Å². The van der Waals surface area contributed by atoms with E-state index in [4.69, 9.17) is 5.11 Å². The summed E-state index contributed by atoms with van der Waals surface area (Å²) in [6, 6.07) is 8.16. The number of hydrogen-bond donors (Lipinski definition) is 1. The molecule has 0 spiro atoms. The van der Waals surface area contributed by atoms with Crippen molar-refractivity contribution < 1.29 is 9.90 Å². The molecule has 2 nitrogen and oxygen atoms in total.